The zero-order valence-corrected chi connectivity index (χ0v) is 52.1. The van der Waals surface area contributed by atoms with Crippen LogP contribution in [-0.2, 0) is 14.3 Å². The first-order valence-corrected chi connectivity index (χ1v) is 30.1. The second-order valence-corrected chi connectivity index (χ2v) is 21.8. The summed E-state index contributed by atoms with van der Waals surface area (Å²) in [4.78, 5) is 71.5. The predicted octanol–water partition coefficient (Wildman–Crippen LogP) is 15.8. The third kappa shape index (κ3) is 27.3. The highest BCUT2D eigenvalue weighted by Crippen LogP contribution is 2.30. The Hall–Kier alpha value is -9.95. The number of para-hydroxylation sites is 3. The summed E-state index contributed by atoms with van der Waals surface area (Å²) >= 11 is 0. The molecule has 3 heterocycles. The average molecular weight is 1340 g/mol. The number of carbonyl (C=O) groups excluding carboxylic acids is 5. The van der Waals surface area contributed by atoms with Crippen molar-refractivity contribution in [2.75, 3.05) is 105 Å². The van der Waals surface area contributed by atoms with Crippen molar-refractivity contribution in [1.82, 2.24) is 14.7 Å². The number of nitrogens with zero attached hydrogens (tertiary/aromatic N) is 6. The van der Waals surface area contributed by atoms with E-state index in [4.69, 9.17) is 9.47 Å². The van der Waals surface area contributed by atoms with Gasteiger partial charge in [-0.15, -0.1) is 46.1 Å². The smallest absolute Gasteiger partial charge is 0.453 e. The summed E-state index contributed by atoms with van der Waals surface area (Å²) in [6.45, 7) is 11.0. The Morgan fingerprint density at radius 2 is 0.905 bits per heavy atom. The lowest BCUT2D eigenvalue weighted by Gasteiger charge is -2.35. The van der Waals surface area contributed by atoms with Crippen LogP contribution in [0.3, 0.4) is 0 Å². The largest absolute Gasteiger partial charge is 0.573 e. The van der Waals surface area contributed by atoms with Crippen LogP contribution < -0.4 is 40.0 Å². The normalized spacial score (nSPS) is 16.3. The minimum Gasteiger partial charge on any atom is -0.453 e. The molecule has 28 heteroatoms. The highest BCUT2D eigenvalue weighted by Gasteiger charge is 2.34. The number of carbonyl (C=O) groups is 4. The number of aliphatic imine (C=N–C) groups is 1. The van der Waals surface area contributed by atoms with Gasteiger partial charge in [0, 0.05) is 87.3 Å². The summed E-state index contributed by atoms with van der Waals surface area (Å²) in [5, 5.41) is 8.90. The monoisotopic (exact) mass is 1340 g/mol. The Balaban J connectivity index is 0.000000211. The topological polar surface area (TPSA) is 196 Å². The second-order valence-electron chi connectivity index (χ2n) is 21.8. The van der Waals surface area contributed by atoms with E-state index in [-0.39, 0.29) is 41.0 Å². The van der Waals surface area contributed by atoms with Gasteiger partial charge in [0.1, 0.15) is 17.2 Å². The van der Waals surface area contributed by atoms with E-state index in [0.717, 1.165) is 113 Å². The number of ether oxygens (including phenoxy) is 5. The molecule has 3 aliphatic rings. The fourth-order valence-corrected chi connectivity index (χ4v) is 10.5. The van der Waals surface area contributed by atoms with E-state index < -0.39 is 31.2 Å². The standard InChI is InChI=1S/C23H26F3N3O2.C22H24F3N3O4.C14H20N2O2.C8H4F3NO2/c1-2-14-28-15-6-7-18(16-28)17-29(20-8-4-3-5-9-20)22(30)27-19-10-12-21(13-11-19)31-23(24,25)26;1-31-21(30)27-13-5-6-16(14-27)15-28(18-7-3-2-4-8-18)20(29)26-17-9-11-19(12-10-17)32-22(23,24)25;1-18-14(17)16-9-5-6-12(11-16)10-15-13-7-3-2-4-8-13;9-8(10,11)14-7-3-1-6(2-4-7)12-5-13/h2-5,8-13,18H,1,6-7,14-17H2,(H,27,30);2-4,7-12,16H,5-6,13-15H2,1H3,(H,26,29);2-4,7-8,12,15H,5-6,9-11H2,1H3;1-4H. The van der Waals surface area contributed by atoms with Gasteiger partial charge < -0.3 is 49.4 Å². The molecule has 3 unspecified atom stereocenters. The summed E-state index contributed by atoms with van der Waals surface area (Å²) in [7, 11) is 2.77. The number of likely N-dealkylation sites (tertiary alicyclic amines) is 3. The van der Waals surface area contributed by atoms with Crippen molar-refractivity contribution in [3.05, 3.63) is 176 Å². The lowest BCUT2D eigenvalue weighted by molar-refractivity contribution is -0.275. The summed E-state index contributed by atoms with van der Waals surface area (Å²) in [6.07, 6.45) is -5.78. The van der Waals surface area contributed by atoms with Gasteiger partial charge in [-0.05, 0) is 172 Å². The Morgan fingerprint density at radius 3 is 1.31 bits per heavy atom. The van der Waals surface area contributed by atoms with Crippen molar-refractivity contribution in [2.45, 2.75) is 57.6 Å². The molecule has 3 saturated heterocycles. The van der Waals surface area contributed by atoms with Crippen molar-refractivity contribution in [3.8, 4) is 17.2 Å². The molecule has 95 heavy (non-hydrogen) atoms. The number of piperidine rings is 3. The summed E-state index contributed by atoms with van der Waals surface area (Å²) in [6, 6.07) is 42.3. The molecule has 6 amide bonds. The van der Waals surface area contributed by atoms with Gasteiger partial charge in [0.2, 0.25) is 6.08 Å². The zero-order valence-electron chi connectivity index (χ0n) is 52.1. The third-order valence-corrected chi connectivity index (χ3v) is 14.7. The molecule has 0 spiro atoms. The Morgan fingerprint density at radius 1 is 0.526 bits per heavy atom. The van der Waals surface area contributed by atoms with Crippen LogP contribution in [0.5, 0.6) is 17.2 Å². The van der Waals surface area contributed by atoms with Gasteiger partial charge in [0.25, 0.3) is 0 Å². The highest BCUT2D eigenvalue weighted by atomic mass is 19.4. The van der Waals surface area contributed by atoms with Crippen LogP contribution in [0.4, 0.5) is 92.8 Å². The number of benzene rings is 6. The Labute approximate surface area is 544 Å². The van der Waals surface area contributed by atoms with Crippen LogP contribution in [0, 0.1) is 17.8 Å². The molecule has 3 atom stereocenters. The van der Waals surface area contributed by atoms with Crippen molar-refractivity contribution in [1.29, 1.82) is 0 Å². The first kappa shape index (κ1) is 74.1. The molecular formula is C67H74F9N9O10. The maximum Gasteiger partial charge on any atom is 0.573 e. The average Bonchev–Trinajstić information content (AvgIpc) is 1.29. The quantitative estimate of drug-likeness (QED) is 0.0339. The van der Waals surface area contributed by atoms with E-state index in [0.29, 0.717) is 55.1 Å². The van der Waals surface area contributed by atoms with E-state index >= 15 is 0 Å². The maximum absolute atomic E-state index is 13.1. The molecule has 0 saturated carbocycles. The molecule has 0 aromatic heterocycles. The lowest BCUT2D eigenvalue weighted by Crippen LogP contribution is -2.46. The zero-order chi connectivity index (χ0) is 68.8. The Bertz CT molecular complexity index is 3350. The number of halogens is 9. The number of urea groups is 2. The molecule has 6 aromatic carbocycles. The summed E-state index contributed by atoms with van der Waals surface area (Å²) < 4.78 is 130. The maximum atomic E-state index is 13.1. The summed E-state index contributed by atoms with van der Waals surface area (Å²) in [5.74, 6) is -0.227. The van der Waals surface area contributed by atoms with Gasteiger partial charge in [0.05, 0.1) is 19.9 Å². The molecule has 19 nitrogen and oxygen atoms in total. The molecule has 0 radical (unpaired) electrons. The number of hydrogen-bond acceptors (Lipinski definition) is 13. The second kappa shape index (κ2) is 37.1. The van der Waals surface area contributed by atoms with Crippen LogP contribution >= 0.6 is 0 Å². The molecule has 510 valence electrons. The van der Waals surface area contributed by atoms with Crippen LogP contribution in [0.25, 0.3) is 0 Å². The number of nitrogens with one attached hydrogen (secondary N) is 3. The number of isocyanates is 1. The minimum atomic E-state index is -4.78. The first-order chi connectivity index (χ1) is 45.4. The van der Waals surface area contributed by atoms with Crippen molar-refractivity contribution in [3.63, 3.8) is 0 Å². The number of anilines is 5. The third-order valence-electron chi connectivity index (χ3n) is 14.7. The van der Waals surface area contributed by atoms with Crippen molar-refractivity contribution >= 4 is 64.5 Å². The number of rotatable bonds is 17. The lowest BCUT2D eigenvalue weighted by atomic mass is 9.97. The number of hydrogen-bond donors (Lipinski definition) is 3. The first-order valence-electron chi connectivity index (χ1n) is 30.1. The predicted molar refractivity (Wildman–Crippen MR) is 340 cm³/mol. The number of methoxy groups -OCH3 is 2. The fourth-order valence-electron chi connectivity index (χ4n) is 10.5. The number of amides is 6. The van der Waals surface area contributed by atoms with Crippen LogP contribution in [0.2, 0.25) is 0 Å². The van der Waals surface area contributed by atoms with E-state index in [2.05, 4.69) is 58.8 Å². The fraction of sp³-hybridized carbons (Fsp3) is 0.358. The van der Waals surface area contributed by atoms with Crippen molar-refractivity contribution < 1.29 is 87.2 Å². The molecule has 6 aromatic rings. The van der Waals surface area contributed by atoms with Crippen molar-refractivity contribution in [2.24, 2.45) is 22.7 Å². The summed E-state index contributed by atoms with van der Waals surface area (Å²) in [5.41, 5.74) is 3.49. The van der Waals surface area contributed by atoms with Gasteiger partial charge in [0.15, 0.2) is 0 Å². The number of alkyl halides is 9. The van der Waals surface area contributed by atoms with E-state index in [9.17, 15) is 63.5 Å². The molecule has 3 aliphatic heterocycles. The van der Waals surface area contributed by atoms with Crippen LogP contribution in [0.1, 0.15) is 38.5 Å². The van der Waals surface area contributed by atoms with E-state index in [1.54, 1.807) is 43.9 Å². The molecule has 0 bridgehead atoms. The van der Waals surface area contributed by atoms with Gasteiger partial charge in [-0.3, -0.25) is 14.7 Å². The molecular weight excluding hydrogens is 1260 g/mol. The van der Waals surface area contributed by atoms with Crippen LogP contribution in [-0.4, -0.2) is 144 Å². The SMILES string of the molecule is C=CCN1CCCC(CN(C(=O)Nc2ccc(OC(F)(F)F)cc2)c2ccccc2)C1.COC(=O)N1CCCC(CN(C(=O)Nc2ccc(OC(F)(F)F)cc2)c2ccccc2)C1.COC(=O)N1CCCC(CNc2ccccc2)C1.O=C=Nc1ccc(OC(F)(F)F)cc1. The molecule has 9 rings (SSSR count). The Kier molecular flexibility index (Phi) is 28.9. The minimum absolute atomic E-state index is 0.0383. The van der Waals surface area contributed by atoms with Gasteiger partial charge >= 0.3 is 43.3 Å². The molecule has 3 fully saturated rings. The highest BCUT2D eigenvalue weighted by molar-refractivity contribution is 6.02. The molecule has 3 N–H and O–H groups in total. The van der Waals surface area contributed by atoms with Gasteiger partial charge in [-0.25, -0.2) is 24.0 Å². The van der Waals surface area contributed by atoms with E-state index in [1.165, 1.54) is 68.8 Å². The molecule has 0 aliphatic carbocycles. The van der Waals surface area contributed by atoms with E-state index in [1.807, 2.05) is 60.7 Å². The van der Waals surface area contributed by atoms with Gasteiger partial charge in [-0.1, -0.05) is 60.7 Å². The van der Waals surface area contributed by atoms with Crippen LogP contribution in [0.15, 0.2) is 181 Å². The van der Waals surface area contributed by atoms with Gasteiger partial charge in [-0.2, -0.15) is 4.99 Å².